The standard InChI is InChI=1S/C20H30N2OS2/c23-19(20(8-1-2-9-20)18-4-3-12-25-18)21-14-16-5-10-22(11-6-16)17-7-13-24-15-17/h3-4,12,16-17H,1-2,5-11,13-15H2,(H,21,23)/t17-/m1/s1. The highest BCUT2D eigenvalue weighted by Gasteiger charge is 2.43. The monoisotopic (exact) mass is 378 g/mol. The maximum atomic E-state index is 13.1. The van der Waals surface area contributed by atoms with Crippen molar-refractivity contribution in [2.45, 2.75) is 56.4 Å². The van der Waals surface area contributed by atoms with E-state index in [9.17, 15) is 4.79 Å². The Balaban J connectivity index is 1.29. The smallest absolute Gasteiger partial charge is 0.231 e. The second-order valence-corrected chi connectivity index (χ2v) is 10.1. The topological polar surface area (TPSA) is 32.3 Å². The van der Waals surface area contributed by atoms with Gasteiger partial charge in [0.2, 0.25) is 5.91 Å². The Morgan fingerprint density at radius 2 is 2.04 bits per heavy atom. The molecule has 138 valence electrons. The molecule has 1 saturated carbocycles. The number of likely N-dealkylation sites (tertiary alicyclic amines) is 1. The number of nitrogens with one attached hydrogen (secondary N) is 1. The first-order valence-corrected chi connectivity index (χ1v) is 12.0. The summed E-state index contributed by atoms with van der Waals surface area (Å²) in [5.41, 5.74) is -0.226. The van der Waals surface area contributed by atoms with Gasteiger partial charge in [-0.15, -0.1) is 11.3 Å². The number of carbonyl (C=O) groups is 1. The minimum absolute atomic E-state index is 0.226. The molecule has 25 heavy (non-hydrogen) atoms. The van der Waals surface area contributed by atoms with Crippen LogP contribution in [0, 0.1) is 5.92 Å². The van der Waals surface area contributed by atoms with Gasteiger partial charge in [0, 0.05) is 23.2 Å². The number of amides is 1. The normalized spacial score (nSPS) is 27.6. The highest BCUT2D eigenvalue weighted by atomic mass is 32.2. The van der Waals surface area contributed by atoms with Gasteiger partial charge in [-0.1, -0.05) is 18.9 Å². The average Bonchev–Trinajstić information content (AvgIpc) is 3.42. The predicted octanol–water partition coefficient (Wildman–Crippen LogP) is 3.89. The van der Waals surface area contributed by atoms with E-state index in [1.54, 1.807) is 11.3 Å². The zero-order chi connectivity index (χ0) is 17.1. The number of nitrogens with zero attached hydrogens (tertiary/aromatic N) is 1. The molecule has 0 spiro atoms. The molecule has 0 aromatic carbocycles. The third-order valence-electron chi connectivity index (χ3n) is 6.51. The van der Waals surface area contributed by atoms with Gasteiger partial charge in [0.15, 0.2) is 0 Å². The summed E-state index contributed by atoms with van der Waals surface area (Å²) in [4.78, 5) is 17.0. The van der Waals surface area contributed by atoms with E-state index < -0.39 is 0 Å². The van der Waals surface area contributed by atoms with Crippen LogP contribution in [0.5, 0.6) is 0 Å². The average molecular weight is 379 g/mol. The SMILES string of the molecule is O=C(NCC1CCN([C@@H]2CCSC2)CC1)C1(c2cccs2)CCCC1. The fourth-order valence-corrected chi connectivity index (χ4v) is 7.09. The van der Waals surface area contributed by atoms with E-state index in [4.69, 9.17) is 0 Å². The van der Waals surface area contributed by atoms with E-state index in [-0.39, 0.29) is 5.41 Å². The lowest BCUT2D eigenvalue weighted by Gasteiger charge is -2.36. The van der Waals surface area contributed by atoms with Crippen molar-refractivity contribution in [3.05, 3.63) is 22.4 Å². The second-order valence-electron chi connectivity index (χ2n) is 7.97. The Morgan fingerprint density at radius 1 is 1.24 bits per heavy atom. The summed E-state index contributed by atoms with van der Waals surface area (Å²) >= 11 is 3.86. The highest BCUT2D eigenvalue weighted by Crippen LogP contribution is 2.43. The molecule has 3 fully saturated rings. The summed E-state index contributed by atoms with van der Waals surface area (Å²) in [5, 5.41) is 5.46. The third kappa shape index (κ3) is 3.79. The summed E-state index contributed by atoms with van der Waals surface area (Å²) in [6, 6.07) is 5.07. The molecule has 1 aromatic heterocycles. The molecule has 3 nitrogen and oxygen atoms in total. The van der Waals surface area contributed by atoms with Crippen molar-refractivity contribution in [3.63, 3.8) is 0 Å². The van der Waals surface area contributed by atoms with Gasteiger partial charge in [0.25, 0.3) is 0 Å². The minimum Gasteiger partial charge on any atom is -0.355 e. The number of hydrogen-bond acceptors (Lipinski definition) is 4. The lowest BCUT2D eigenvalue weighted by atomic mass is 9.83. The Kier molecular flexibility index (Phi) is 5.73. The van der Waals surface area contributed by atoms with Crippen LogP contribution in [0.15, 0.2) is 17.5 Å². The third-order valence-corrected chi connectivity index (χ3v) is 8.73. The predicted molar refractivity (Wildman–Crippen MR) is 108 cm³/mol. The van der Waals surface area contributed by atoms with E-state index in [2.05, 4.69) is 39.5 Å². The molecule has 1 aromatic rings. The van der Waals surface area contributed by atoms with Gasteiger partial charge in [0.1, 0.15) is 0 Å². The minimum atomic E-state index is -0.226. The number of carbonyl (C=O) groups excluding carboxylic acids is 1. The van der Waals surface area contributed by atoms with E-state index in [1.807, 2.05) is 0 Å². The maximum Gasteiger partial charge on any atom is 0.231 e. The molecule has 3 heterocycles. The van der Waals surface area contributed by atoms with Crippen LogP contribution in [0.25, 0.3) is 0 Å². The van der Waals surface area contributed by atoms with Crippen molar-refractivity contribution < 1.29 is 4.79 Å². The van der Waals surface area contributed by atoms with Crippen molar-refractivity contribution >= 4 is 29.0 Å². The molecule has 2 saturated heterocycles. The molecule has 0 radical (unpaired) electrons. The summed E-state index contributed by atoms with van der Waals surface area (Å²) in [6.45, 7) is 3.32. The van der Waals surface area contributed by atoms with Crippen LogP contribution in [0.1, 0.15) is 49.8 Å². The van der Waals surface area contributed by atoms with E-state index in [1.165, 1.54) is 61.6 Å². The van der Waals surface area contributed by atoms with E-state index in [0.717, 1.165) is 25.4 Å². The first-order valence-electron chi connectivity index (χ1n) is 9.92. The molecule has 0 bridgehead atoms. The second kappa shape index (κ2) is 8.01. The van der Waals surface area contributed by atoms with Gasteiger partial charge in [-0.25, -0.2) is 0 Å². The van der Waals surface area contributed by atoms with Crippen LogP contribution >= 0.6 is 23.1 Å². The molecule has 1 amide bonds. The molecule has 0 unspecified atom stereocenters. The molecule has 2 aliphatic heterocycles. The maximum absolute atomic E-state index is 13.1. The van der Waals surface area contributed by atoms with Crippen LogP contribution in [-0.2, 0) is 10.2 Å². The lowest BCUT2D eigenvalue weighted by Crippen LogP contribution is -2.47. The van der Waals surface area contributed by atoms with Crippen LogP contribution in [0.3, 0.4) is 0 Å². The number of piperidine rings is 1. The summed E-state index contributed by atoms with van der Waals surface area (Å²) < 4.78 is 0. The van der Waals surface area contributed by atoms with Gasteiger partial charge in [0.05, 0.1) is 5.41 Å². The summed E-state index contributed by atoms with van der Waals surface area (Å²) in [5.74, 6) is 3.62. The molecule has 3 aliphatic rings. The van der Waals surface area contributed by atoms with E-state index >= 15 is 0 Å². The first-order chi connectivity index (χ1) is 12.3. The molecule has 5 heteroatoms. The zero-order valence-electron chi connectivity index (χ0n) is 15.0. The molecule has 1 atom stereocenters. The van der Waals surface area contributed by atoms with Crippen LogP contribution in [-0.4, -0.2) is 48.0 Å². The van der Waals surface area contributed by atoms with Crippen LogP contribution in [0.4, 0.5) is 0 Å². The number of rotatable bonds is 5. The summed E-state index contributed by atoms with van der Waals surface area (Å²) in [6.07, 6.45) is 8.27. The van der Waals surface area contributed by atoms with Crippen molar-refractivity contribution in [2.75, 3.05) is 31.1 Å². The van der Waals surface area contributed by atoms with Crippen molar-refractivity contribution in [1.29, 1.82) is 0 Å². The molecule has 1 N–H and O–H groups in total. The Labute approximate surface area is 159 Å². The lowest BCUT2D eigenvalue weighted by molar-refractivity contribution is -0.126. The fourth-order valence-electron chi connectivity index (χ4n) is 4.85. The summed E-state index contributed by atoms with van der Waals surface area (Å²) in [7, 11) is 0. The number of thioether (sulfide) groups is 1. The largest absolute Gasteiger partial charge is 0.355 e. The van der Waals surface area contributed by atoms with Gasteiger partial charge in [-0.3, -0.25) is 9.69 Å². The zero-order valence-corrected chi connectivity index (χ0v) is 16.7. The molecule has 1 aliphatic carbocycles. The fraction of sp³-hybridized carbons (Fsp3) is 0.750. The van der Waals surface area contributed by atoms with Gasteiger partial charge in [-0.2, -0.15) is 11.8 Å². The number of thiophene rings is 1. The van der Waals surface area contributed by atoms with Crippen molar-refractivity contribution in [3.8, 4) is 0 Å². The van der Waals surface area contributed by atoms with Crippen LogP contribution < -0.4 is 5.32 Å². The Hall–Kier alpha value is -0.520. The van der Waals surface area contributed by atoms with Gasteiger partial charge < -0.3 is 5.32 Å². The van der Waals surface area contributed by atoms with Crippen LogP contribution in [0.2, 0.25) is 0 Å². The van der Waals surface area contributed by atoms with Crippen molar-refractivity contribution in [2.24, 2.45) is 5.92 Å². The number of hydrogen-bond donors (Lipinski definition) is 1. The van der Waals surface area contributed by atoms with Gasteiger partial charge >= 0.3 is 0 Å². The Bertz CT molecular complexity index is 554. The quantitative estimate of drug-likeness (QED) is 0.843. The molecular weight excluding hydrogens is 348 g/mol. The highest BCUT2D eigenvalue weighted by molar-refractivity contribution is 7.99. The van der Waals surface area contributed by atoms with Gasteiger partial charge in [-0.05, 0) is 68.3 Å². The first kappa shape index (κ1) is 17.9. The van der Waals surface area contributed by atoms with E-state index in [0.29, 0.717) is 11.8 Å². The molecule has 4 rings (SSSR count). The Morgan fingerprint density at radius 3 is 2.68 bits per heavy atom. The van der Waals surface area contributed by atoms with Crippen molar-refractivity contribution in [1.82, 2.24) is 10.2 Å². The molecular formula is C20H30N2OS2.